The van der Waals surface area contributed by atoms with E-state index in [9.17, 15) is 4.79 Å². The summed E-state index contributed by atoms with van der Waals surface area (Å²) in [6, 6.07) is 9.13. The number of hydrogen-bond acceptors (Lipinski definition) is 5. The summed E-state index contributed by atoms with van der Waals surface area (Å²) in [5.41, 5.74) is 7.74. The fraction of sp³-hybridized carbons (Fsp3) is 0.350. The molecule has 1 amide bonds. The number of aryl methyl sites for hydroxylation is 2. The number of aromatic nitrogens is 3. The fourth-order valence-corrected chi connectivity index (χ4v) is 3.11. The average Bonchev–Trinajstić information content (AvgIpc) is 3.05. The molecule has 0 saturated carbocycles. The lowest BCUT2D eigenvalue weighted by molar-refractivity contribution is 0.140. The zero-order valence-electron chi connectivity index (χ0n) is 16.0. The molecular weight excluding hydrogens is 378 g/mol. The van der Waals surface area contributed by atoms with Crippen LogP contribution in [0, 0.1) is 6.92 Å². The van der Waals surface area contributed by atoms with E-state index in [0.29, 0.717) is 23.3 Å². The van der Waals surface area contributed by atoms with Gasteiger partial charge in [-0.3, -0.25) is 0 Å². The molecule has 0 aliphatic rings. The van der Waals surface area contributed by atoms with Crippen molar-refractivity contribution in [3.8, 4) is 0 Å². The lowest BCUT2D eigenvalue weighted by Gasteiger charge is -2.14. The van der Waals surface area contributed by atoms with Crippen LogP contribution >= 0.6 is 11.6 Å². The van der Waals surface area contributed by atoms with Gasteiger partial charge in [-0.2, -0.15) is 0 Å². The van der Waals surface area contributed by atoms with Crippen LogP contribution in [0.1, 0.15) is 37.2 Å². The zero-order valence-corrected chi connectivity index (χ0v) is 16.7. The number of rotatable bonds is 7. The Kier molecular flexibility index (Phi) is 6.36. The predicted octanol–water partition coefficient (Wildman–Crippen LogP) is 4.24. The maximum absolute atomic E-state index is 11.9. The van der Waals surface area contributed by atoms with Gasteiger partial charge in [-0.25, -0.2) is 14.8 Å². The number of carbonyl (C=O) groups excluding carboxylic acids is 1. The van der Waals surface area contributed by atoms with E-state index in [0.717, 1.165) is 36.0 Å². The van der Waals surface area contributed by atoms with Crippen LogP contribution in [0.5, 0.6) is 0 Å². The molecule has 8 heteroatoms. The largest absolute Gasteiger partial charge is 0.450 e. The second-order valence-corrected chi connectivity index (χ2v) is 7.10. The highest BCUT2D eigenvalue weighted by Crippen LogP contribution is 2.19. The van der Waals surface area contributed by atoms with Crippen LogP contribution in [-0.4, -0.2) is 27.2 Å². The number of halogens is 1. The molecule has 3 rings (SSSR count). The van der Waals surface area contributed by atoms with Crippen molar-refractivity contribution in [3.05, 3.63) is 52.9 Å². The third-order valence-electron chi connectivity index (χ3n) is 4.49. The minimum Gasteiger partial charge on any atom is -0.450 e. The standard InChI is InChI=1S/C20H24ClN5O2/c1-13(15-5-7-16(21)8-6-15)23-20(27)28-12-4-3-10-26-11-9-17-18(22)24-14(2)25-19(17)26/h5-9,11,13H,3-4,10,12H2,1-2H3,(H,23,27)(H2,22,24,25). The smallest absolute Gasteiger partial charge is 0.407 e. The fourth-order valence-electron chi connectivity index (χ4n) is 2.98. The molecule has 3 N–H and O–H groups in total. The van der Waals surface area contributed by atoms with Crippen LogP contribution in [0.25, 0.3) is 11.0 Å². The van der Waals surface area contributed by atoms with Crippen molar-refractivity contribution in [1.82, 2.24) is 19.9 Å². The van der Waals surface area contributed by atoms with Crippen LogP contribution in [0.2, 0.25) is 5.02 Å². The first-order chi connectivity index (χ1) is 13.4. The summed E-state index contributed by atoms with van der Waals surface area (Å²) in [5.74, 6) is 1.15. The van der Waals surface area contributed by atoms with Crippen LogP contribution < -0.4 is 11.1 Å². The first kappa shape index (κ1) is 19.9. The van der Waals surface area contributed by atoms with Gasteiger partial charge >= 0.3 is 6.09 Å². The number of nitrogens with two attached hydrogens (primary N) is 1. The molecule has 0 spiro atoms. The highest BCUT2D eigenvalue weighted by molar-refractivity contribution is 6.30. The molecule has 2 aromatic heterocycles. The maximum Gasteiger partial charge on any atom is 0.407 e. The summed E-state index contributed by atoms with van der Waals surface area (Å²) in [7, 11) is 0. The summed E-state index contributed by atoms with van der Waals surface area (Å²) in [5, 5.41) is 4.34. The molecule has 1 atom stereocenters. The monoisotopic (exact) mass is 401 g/mol. The minimum atomic E-state index is -0.426. The first-order valence-corrected chi connectivity index (χ1v) is 9.59. The second kappa shape index (κ2) is 8.93. The SMILES string of the molecule is Cc1nc(N)c2ccn(CCCCOC(=O)NC(C)c3ccc(Cl)cc3)c2n1. The number of hydrogen-bond donors (Lipinski definition) is 2. The molecule has 1 unspecified atom stereocenters. The Labute approximate surface area is 168 Å². The Bertz CT molecular complexity index is 955. The quantitative estimate of drug-likeness (QED) is 0.577. The van der Waals surface area contributed by atoms with Gasteiger partial charge in [-0.15, -0.1) is 0 Å². The van der Waals surface area contributed by atoms with Gasteiger partial charge in [0.2, 0.25) is 0 Å². The van der Waals surface area contributed by atoms with Gasteiger partial charge in [0, 0.05) is 17.8 Å². The van der Waals surface area contributed by atoms with E-state index in [4.69, 9.17) is 22.1 Å². The molecule has 3 aromatic rings. The number of carbonyl (C=O) groups is 1. The van der Waals surface area contributed by atoms with Crippen LogP contribution in [0.3, 0.4) is 0 Å². The molecular formula is C20H24ClN5O2. The number of alkyl carbamates (subject to hydrolysis) is 1. The molecule has 0 fully saturated rings. The molecule has 148 valence electrons. The number of anilines is 1. The lowest BCUT2D eigenvalue weighted by atomic mass is 10.1. The molecule has 28 heavy (non-hydrogen) atoms. The van der Waals surface area contributed by atoms with Gasteiger partial charge < -0.3 is 20.4 Å². The summed E-state index contributed by atoms with van der Waals surface area (Å²) in [4.78, 5) is 20.6. The Balaban J connectivity index is 1.41. The normalized spacial score (nSPS) is 12.1. The van der Waals surface area contributed by atoms with Gasteiger partial charge in [0.1, 0.15) is 17.3 Å². The van der Waals surface area contributed by atoms with Gasteiger partial charge in [-0.05, 0) is 50.5 Å². The number of fused-ring (bicyclic) bond motifs is 1. The highest BCUT2D eigenvalue weighted by atomic mass is 35.5. The van der Waals surface area contributed by atoms with Gasteiger partial charge in [0.05, 0.1) is 18.0 Å². The van der Waals surface area contributed by atoms with Crippen molar-refractivity contribution in [2.24, 2.45) is 0 Å². The van der Waals surface area contributed by atoms with Crippen molar-refractivity contribution < 1.29 is 9.53 Å². The lowest BCUT2D eigenvalue weighted by Crippen LogP contribution is -2.27. The Morgan fingerprint density at radius 3 is 2.75 bits per heavy atom. The Morgan fingerprint density at radius 2 is 2.00 bits per heavy atom. The summed E-state index contributed by atoms with van der Waals surface area (Å²) in [6.45, 7) is 4.85. The highest BCUT2D eigenvalue weighted by Gasteiger charge is 2.11. The van der Waals surface area contributed by atoms with Crippen molar-refractivity contribution in [3.63, 3.8) is 0 Å². The number of unbranched alkanes of at least 4 members (excludes halogenated alkanes) is 1. The molecule has 0 bridgehead atoms. The number of ether oxygens (including phenoxy) is 1. The van der Waals surface area contributed by atoms with E-state index in [1.165, 1.54) is 0 Å². The van der Waals surface area contributed by atoms with Crippen molar-refractivity contribution in [2.45, 2.75) is 39.3 Å². The van der Waals surface area contributed by atoms with E-state index in [1.54, 1.807) is 12.1 Å². The van der Waals surface area contributed by atoms with Crippen LogP contribution in [0.15, 0.2) is 36.5 Å². The molecule has 0 radical (unpaired) electrons. The van der Waals surface area contributed by atoms with E-state index < -0.39 is 6.09 Å². The maximum atomic E-state index is 11.9. The Morgan fingerprint density at radius 1 is 1.25 bits per heavy atom. The summed E-state index contributed by atoms with van der Waals surface area (Å²) in [6.07, 6.45) is 3.13. The minimum absolute atomic E-state index is 0.149. The molecule has 0 saturated heterocycles. The van der Waals surface area contributed by atoms with E-state index in [2.05, 4.69) is 15.3 Å². The van der Waals surface area contributed by atoms with Crippen molar-refractivity contribution in [1.29, 1.82) is 0 Å². The van der Waals surface area contributed by atoms with E-state index in [-0.39, 0.29) is 6.04 Å². The van der Waals surface area contributed by atoms with E-state index >= 15 is 0 Å². The van der Waals surface area contributed by atoms with Crippen LogP contribution in [-0.2, 0) is 11.3 Å². The molecule has 0 aliphatic heterocycles. The molecule has 7 nitrogen and oxygen atoms in total. The predicted molar refractivity (Wildman–Crippen MR) is 110 cm³/mol. The number of nitrogens with one attached hydrogen (secondary N) is 1. The summed E-state index contributed by atoms with van der Waals surface area (Å²) >= 11 is 5.88. The van der Waals surface area contributed by atoms with Crippen molar-refractivity contribution in [2.75, 3.05) is 12.3 Å². The first-order valence-electron chi connectivity index (χ1n) is 9.22. The Hall–Kier alpha value is -2.80. The third-order valence-corrected chi connectivity index (χ3v) is 4.74. The van der Waals surface area contributed by atoms with Gasteiger partial charge in [0.15, 0.2) is 0 Å². The topological polar surface area (TPSA) is 95.1 Å². The average molecular weight is 402 g/mol. The van der Waals surface area contributed by atoms with Crippen molar-refractivity contribution >= 4 is 34.5 Å². The molecule has 2 heterocycles. The number of nitrogen functional groups attached to an aromatic ring is 1. The van der Waals surface area contributed by atoms with Crippen LogP contribution in [0.4, 0.5) is 10.6 Å². The molecule has 1 aromatic carbocycles. The zero-order chi connectivity index (χ0) is 20.1. The number of benzene rings is 1. The molecule has 0 aliphatic carbocycles. The number of nitrogens with zero attached hydrogens (tertiary/aromatic N) is 3. The number of amides is 1. The summed E-state index contributed by atoms with van der Waals surface area (Å²) < 4.78 is 7.32. The van der Waals surface area contributed by atoms with Gasteiger partial charge in [0.25, 0.3) is 0 Å². The third kappa shape index (κ3) is 4.92. The van der Waals surface area contributed by atoms with E-state index in [1.807, 2.05) is 42.8 Å². The van der Waals surface area contributed by atoms with Gasteiger partial charge in [-0.1, -0.05) is 23.7 Å². The second-order valence-electron chi connectivity index (χ2n) is 6.66.